The van der Waals surface area contributed by atoms with Crippen molar-refractivity contribution >= 4 is 10.5 Å². The van der Waals surface area contributed by atoms with Gasteiger partial charge in [-0.1, -0.05) is 40.0 Å². The second kappa shape index (κ2) is 12.1. The van der Waals surface area contributed by atoms with Gasteiger partial charge in [0.1, 0.15) is 5.75 Å². The van der Waals surface area contributed by atoms with E-state index in [0.717, 1.165) is 50.0 Å². The van der Waals surface area contributed by atoms with Crippen LogP contribution in [0.15, 0.2) is 12.1 Å². The highest BCUT2D eigenvalue weighted by Crippen LogP contribution is 2.44. The lowest BCUT2D eigenvalue weighted by Gasteiger charge is -2.19. The summed E-state index contributed by atoms with van der Waals surface area (Å²) in [7, 11) is 0.613. The van der Waals surface area contributed by atoms with E-state index in [1.807, 2.05) is 12.1 Å². The van der Waals surface area contributed by atoms with Crippen LogP contribution >= 0.6 is 0 Å². The highest BCUT2D eigenvalue weighted by molar-refractivity contribution is 6.00. The van der Waals surface area contributed by atoms with Crippen molar-refractivity contribution in [3.05, 3.63) is 12.1 Å². The Morgan fingerprint density at radius 3 is 1.61 bits per heavy atom. The lowest BCUT2D eigenvalue weighted by molar-refractivity contribution is 0.233. The van der Waals surface area contributed by atoms with Gasteiger partial charge in [0.2, 0.25) is 22.0 Å². The molecule has 0 saturated carbocycles. The van der Waals surface area contributed by atoms with Crippen molar-refractivity contribution in [3.63, 3.8) is 0 Å². The van der Waals surface area contributed by atoms with Gasteiger partial charge in [-0.2, -0.15) is 0 Å². The Balaban J connectivity index is 2.99. The topological polar surface area (TPSA) is 36.9 Å². The van der Waals surface area contributed by atoms with E-state index in [1.54, 1.807) is 0 Å². The van der Waals surface area contributed by atoms with Crippen molar-refractivity contribution in [2.75, 3.05) is 19.8 Å². The quantitative estimate of drug-likeness (QED) is 0.403. The number of ether oxygens (including phenoxy) is 3. The lowest BCUT2D eigenvalue weighted by Crippen LogP contribution is -2.07. The van der Waals surface area contributed by atoms with Gasteiger partial charge in [0.25, 0.3) is 0 Å². The zero-order valence-corrected chi connectivity index (χ0v) is 17.2. The van der Waals surface area contributed by atoms with Crippen LogP contribution in [-0.2, 0) is 0 Å². The van der Waals surface area contributed by atoms with Crippen molar-refractivity contribution in [1.82, 2.24) is 0 Å². The zero-order valence-electron chi connectivity index (χ0n) is 15.2. The highest BCUT2D eigenvalue weighted by atomic mass is 28.2. The van der Waals surface area contributed by atoms with Crippen molar-refractivity contribution < 1.29 is 18.6 Å². The zero-order chi connectivity index (χ0) is 16.9. The first-order chi connectivity index (χ1) is 11.3. The fraction of sp³-hybridized carbons (Fsp3) is 0.667. The van der Waals surface area contributed by atoms with Crippen LogP contribution in [0.1, 0.15) is 59.3 Å². The number of hydrogen-bond donors (Lipinski definition) is 0. The molecule has 5 heteroatoms. The van der Waals surface area contributed by atoms with Crippen molar-refractivity contribution in [2.45, 2.75) is 59.3 Å². The van der Waals surface area contributed by atoms with E-state index >= 15 is 0 Å². The Bertz CT molecular complexity index is 437. The number of benzene rings is 1. The Hall–Kier alpha value is -1.36. The molecule has 0 unspecified atom stereocenters. The smallest absolute Gasteiger partial charge is 0.207 e. The van der Waals surface area contributed by atoms with Crippen LogP contribution in [0.5, 0.6) is 23.0 Å². The first-order valence-electron chi connectivity index (χ1n) is 8.87. The Labute approximate surface area is 144 Å². The van der Waals surface area contributed by atoms with E-state index in [0.29, 0.717) is 41.8 Å². The third-order valence-electron chi connectivity index (χ3n) is 3.50. The van der Waals surface area contributed by atoms with E-state index in [2.05, 4.69) is 20.8 Å². The minimum Gasteiger partial charge on any atom is -0.551 e. The van der Waals surface area contributed by atoms with Gasteiger partial charge in [-0.3, -0.25) is 0 Å². The van der Waals surface area contributed by atoms with E-state index in [-0.39, 0.29) is 0 Å². The van der Waals surface area contributed by atoms with Gasteiger partial charge in [-0.15, -0.1) is 0 Å². The summed E-state index contributed by atoms with van der Waals surface area (Å²) >= 11 is 0. The fourth-order valence-corrected chi connectivity index (χ4v) is 2.36. The maximum absolute atomic E-state index is 6.00. The maximum atomic E-state index is 6.00. The lowest BCUT2D eigenvalue weighted by atomic mass is 10.2. The molecule has 0 bridgehead atoms. The number of rotatable bonds is 13. The third kappa shape index (κ3) is 6.73. The summed E-state index contributed by atoms with van der Waals surface area (Å²) in [5.74, 6) is 2.89. The van der Waals surface area contributed by atoms with Crippen LogP contribution in [0.3, 0.4) is 0 Å². The predicted octanol–water partition coefficient (Wildman–Crippen LogP) is 3.88. The average molecular weight is 341 g/mol. The molecule has 132 valence electrons. The van der Waals surface area contributed by atoms with Gasteiger partial charge in [0, 0.05) is 0 Å². The molecule has 0 aliphatic heterocycles. The summed E-state index contributed by atoms with van der Waals surface area (Å²) in [6.45, 7) is 8.47. The van der Waals surface area contributed by atoms with Crippen molar-refractivity contribution in [3.8, 4) is 23.0 Å². The van der Waals surface area contributed by atoms with Crippen LogP contribution in [0.4, 0.5) is 0 Å². The summed E-state index contributed by atoms with van der Waals surface area (Å²) in [5.41, 5.74) is 0. The summed E-state index contributed by atoms with van der Waals surface area (Å²) in [4.78, 5) is 0. The van der Waals surface area contributed by atoms with Crippen LogP contribution in [0, 0.1) is 0 Å². The van der Waals surface area contributed by atoms with Crippen LogP contribution in [0.25, 0.3) is 0 Å². The van der Waals surface area contributed by atoms with Crippen molar-refractivity contribution in [1.29, 1.82) is 0 Å². The standard InChI is InChI=1S/C18H32O4Si/c1-4-7-12-19-15-10-11-16(22-23)18(21-14-9-6-3)17(15)20-13-8-5-2/h10-11H,4-9,12-14H2,1-3,23H3. The predicted molar refractivity (Wildman–Crippen MR) is 98.2 cm³/mol. The Morgan fingerprint density at radius 1 is 0.696 bits per heavy atom. The van der Waals surface area contributed by atoms with Gasteiger partial charge < -0.3 is 18.6 Å². The molecular formula is C18H32O4Si. The summed E-state index contributed by atoms with van der Waals surface area (Å²) in [6, 6.07) is 3.85. The average Bonchev–Trinajstić information content (AvgIpc) is 2.57. The molecule has 0 saturated heterocycles. The minimum absolute atomic E-state index is 0.613. The largest absolute Gasteiger partial charge is 0.551 e. The molecule has 0 radical (unpaired) electrons. The van der Waals surface area contributed by atoms with Crippen LogP contribution in [0.2, 0.25) is 0 Å². The van der Waals surface area contributed by atoms with Gasteiger partial charge in [0.05, 0.1) is 19.8 Å². The first kappa shape index (κ1) is 19.7. The molecule has 0 spiro atoms. The Morgan fingerprint density at radius 2 is 1.13 bits per heavy atom. The molecule has 1 aromatic carbocycles. The third-order valence-corrected chi connectivity index (χ3v) is 3.94. The number of hydrogen-bond acceptors (Lipinski definition) is 4. The van der Waals surface area contributed by atoms with Gasteiger partial charge in [-0.25, -0.2) is 0 Å². The van der Waals surface area contributed by atoms with E-state index < -0.39 is 0 Å². The monoisotopic (exact) mass is 340 g/mol. The number of unbranched alkanes of at least 4 members (excludes halogenated alkanes) is 3. The van der Waals surface area contributed by atoms with Gasteiger partial charge >= 0.3 is 0 Å². The summed E-state index contributed by atoms with van der Waals surface area (Å²) < 4.78 is 23.5. The van der Waals surface area contributed by atoms with E-state index in [9.17, 15) is 0 Å². The highest BCUT2D eigenvalue weighted by Gasteiger charge is 2.18. The molecule has 1 rings (SSSR count). The van der Waals surface area contributed by atoms with Crippen LogP contribution < -0.4 is 18.6 Å². The summed E-state index contributed by atoms with van der Waals surface area (Å²) in [5, 5.41) is 0. The van der Waals surface area contributed by atoms with Crippen molar-refractivity contribution in [2.24, 2.45) is 0 Å². The minimum atomic E-state index is 0.613. The van der Waals surface area contributed by atoms with Gasteiger partial charge in [0.15, 0.2) is 5.75 Å². The van der Waals surface area contributed by atoms with E-state index in [4.69, 9.17) is 18.6 Å². The van der Waals surface area contributed by atoms with Gasteiger partial charge in [-0.05, 0) is 31.4 Å². The molecule has 0 atom stereocenters. The van der Waals surface area contributed by atoms with Crippen LogP contribution in [-0.4, -0.2) is 30.3 Å². The normalized spacial score (nSPS) is 10.6. The summed E-state index contributed by atoms with van der Waals surface area (Å²) in [6.07, 6.45) is 6.34. The second-order valence-corrected chi connectivity index (χ2v) is 5.94. The SMILES string of the molecule is CCCCOc1ccc(O[SiH3])c(OCCCC)c1OCCCC. The molecule has 0 aromatic heterocycles. The molecule has 23 heavy (non-hydrogen) atoms. The molecule has 0 aliphatic rings. The molecule has 0 fully saturated rings. The molecular weight excluding hydrogens is 308 g/mol. The molecule has 1 aromatic rings. The maximum Gasteiger partial charge on any atom is 0.207 e. The van der Waals surface area contributed by atoms with E-state index in [1.165, 1.54) is 0 Å². The molecule has 0 N–H and O–H groups in total. The molecule has 0 heterocycles. The fourth-order valence-electron chi connectivity index (χ4n) is 2.04. The second-order valence-electron chi connectivity index (χ2n) is 5.53. The molecule has 4 nitrogen and oxygen atoms in total. The molecule has 0 aliphatic carbocycles. The molecule has 0 amide bonds. The Kier molecular flexibility index (Phi) is 10.4. The first-order valence-corrected chi connectivity index (χ1v) is 9.69.